The fourth-order valence-electron chi connectivity index (χ4n) is 2.71. The van der Waals surface area contributed by atoms with Crippen LogP contribution in [-0.4, -0.2) is 32.9 Å². The summed E-state index contributed by atoms with van der Waals surface area (Å²) in [6.45, 7) is 3.05. The Morgan fingerprint density at radius 1 is 0.931 bits per heavy atom. The van der Waals surface area contributed by atoms with Crippen LogP contribution in [0.25, 0.3) is 0 Å². The first-order valence-electron chi connectivity index (χ1n) is 8.12. The van der Waals surface area contributed by atoms with Gasteiger partial charge in [0.25, 0.3) is 0 Å². The number of hydrogen-bond acceptors (Lipinski definition) is 8. The predicted octanol–water partition coefficient (Wildman–Crippen LogP) is 4.30. The highest BCUT2D eigenvalue weighted by atomic mass is 19.4. The van der Waals surface area contributed by atoms with Crippen molar-refractivity contribution in [1.82, 2.24) is 5.32 Å². The number of benzene rings is 1. The number of nitrogens with one attached hydrogen (secondary N) is 1. The van der Waals surface area contributed by atoms with Crippen molar-refractivity contribution < 1.29 is 46.4 Å². The van der Waals surface area contributed by atoms with Gasteiger partial charge in [-0.1, -0.05) is 18.2 Å². The van der Waals surface area contributed by atoms with Crippen LogP contribution < -0.4 is 10.1 Å². The molecule has 0 saturated heterocycles. The van der Waals surface area contributed by atoms with E-state index in [1.807, 2.05) is 0 Å². The molecule has 0 saturated carbocycles. The van der Waals surface area contributed by atoms with Crippen LogP contribution in [0.15, 0.2) is 47.2 Å². The second kappa shape index (κ2) is 8.76. The average molecular weight is 417 g/mol. The summed E-state index contributed by atoms with van der Waals surface area (Å²) < 4.78 is 62.1. The van der Waals surface area contributed by atoms with E-state index in [1.165, 1.54) is 32.0 Å². The molecule has 1 aromatic rings. The molecular formula is C18H18F3NO7. The lowest BCUT2D eigenvalue weighted by Crippen LogP contribution is -2.29. The summed E-state index contributed by atoms with van der Waals surface area (Å²) in [5.41, 5.74) is 0.511. The molecule has 1 aliphatic heterocycles. The number of carbonyl (C=O) groups excluding carboxylic acids is 2. The molecule has 1 N–H and O–H groups in total. The zero-order valence-corrected chi connectivity index (χ0v) is 15.9. The fourth-order valence-corrected chi connectivity index (χ4v) is 2.71. The minimum atomic E-state index is -4.98. The maximum atomic E-state index is 12.9. The van der Waals surface area contributed by atoms with Crippen LogP contribution in [0.2, 0.25) is 0 Å². The van der Waals surface area contributed by atoms with Gasteiger partial charge >= 0.3 is 18.7 Å². The smallest absolute Gasteiger partial charge is 0.437 e. The van der Waals surface area contributed by atoms with E-state index < -0.39 is 30.3 Å². The van der Waals surface area contributed by atoms with Crippen LogP contribution in [0.1, 0.15) is 25.3 Å². The number of rotatable bonds is 4. The third kappa shape index (κ3) is 5.33. The zero-order chi connectivity index (χ0) is 21.8. The first-order valence-corrected chi connectivity index (χ1v) is 8.12. The number of allylic oxidation sites excluding steroid dienone is 2. The van der Waals surface area contributed by atoms with Crippen molar-refractivity contribution in [2.24, 2.45) is 0 Å². The number of hydrogen-bond donors (Lipinski definition) is 1. The highest BCUT2D eigenvalue weighted by molar-refractivity contribution is 5.65. The lowest BCUT2D eigenvalue weighted by atomic mass is 9.90. The standard InChI is InChI=1S/C18H18F3NO7/c1-9-14(27-16(23)25-3)13(15(10(2)22-9)28-17(24)26-4)11-7-5-6-8-12(11)29-18(19,20)21/h5-8,13,22H,1-4H3. The van der Waals surface area contributed by atoms with E-state index in [9.17, 15) is 22.8 Å². The van der Waals surface area contributed by atoms with Crippen molar-refractivity contribution in [3.63, 3.8) is 0 Å². The van der Waals surface area contributed by atoms with E-state index in [4.69, 9.17) is 9.47 Å². The molecule has 1 aromatic carbocycles. The van der Waals surface area contributed by atoms with Gasteiger partial charge in [0.15, 0.2) is 0 Å². The highest BCUT2D eigenvalue weighted by Crippen LogP contribution is 2.43. The van der Waals surface area contributed by atoms with Gasteiger partial charge in [-0.3, -0.25) is 0 Å². The molecule has 0 bridgehead atoms. The van der Waals surface area contributed by atoms with Gasteiger partial charge < -0.3 is 29.0 Å². The Morgan fingerprint density at radius 3 is 1.86 bits per heavy atom. The predicted molar refractivity (Wildman–Crippen MR) is 91.4 cm³/mol. The van der Waals surface area contributed by atoms with Crippen LogP contribution in [0.3, 0.4) is 0 Å². The largest absolute Gasteiger partial charge is 0.573 e. The molecule has 0 fully saturated rings. The molecule has 8 nitrogen and oxygen atoms in total. The Bertz CT molecular complexity index is 821. The topological polar surface area (TPSA) is 92.3 Å². The van der Waals surface area contributed by atoms with Crippen LogP contribution in [0, 0.1) is 0 Å². The molecule has 0 amide bonds. The van der Waals surface area contributed by atoms with Gasteiger partial charge in [0, 0.05) is 5.56 Å². The number of alkyl halides is 3. The SMILES string of the molecule is COC(=O)OC1=C(C)NC(C)=C(OC(=O)OC)C1c1ccccc1OC(F)(F)F. The van der Waals surface area contributed by atoms with Crippen molar-refractivity contribution in [2.75, 3.05) is 14.2 Å². The van der Waals surface area contributed by atoms with E-state index in [2.05, 4.69) is 19.5 Å². The molecule has 0 aliphatic carbocycles. The van der Waals surface area contributed by atoms with Gasteiger partial charge in [-0.25, -0.2) is 9.59 Å². The molecule has 11 heteroatoms. The van der Waals surface area contributed by atoms with Crippen LogP contribution in [0.4, 0.5) is 22.8 Å². The molecule has 1 aliphatic rings. The Hall–Kier alpha value is -3.37. The Balaban J connectivity index is 2.65. The van der Waals surface area contributed by atoms with Gasteiger partial charge in [0.2, 0.25) is 0 Å². The van der Waals surface area contributed by atoms with Crippen LogP contribution in [0.5, 0.6) is 5.75 Å². The van der Waals surface area contributed by atoms with E-state index in [1.54, 1.807) is 0 Å². The van der Waals surface area contributed by atoms with E-state index in [0.717, 1.165) is 20.3 Å². The Labute approximate surface area is 163 Å². The summed E-state index contributed by atoms with van der Waals surface area (Å²) in [6.07, 6.45) is -7.21. The molecule has 158 valence electrons. The lowest BCUT2D eigenvalue weighted by Gasteiger charge is -2.30. The molecule has 2 rings (SSSR count). The van der Waals surface area contributed by atoms with Crippen LogP contribution >= 0.6 is 0 Å². The van der Waals surface area contributed by atoms with Crippen LogP contribution in [-0.2, 0) is 18.9 Å². The minimum Gasteiger partial charge on any atom is -0.437 e. The monoisotopic (exact) mass is 417 g/mol. The molecular weight excluding hydrogens is 399 g/mol. The number of halogens is 3. The van der Waals surface area contributed by atoms with Gasteiger partial charge in [-0.05, 0) is 19.9 Å². The molecule has 0 radical (unpaired) electrons. The quantitative estimate of drug-likeness (QED) is 0.725. The normalized spacial score (nSPS) is 14.9. The summed E-state index contributed by atoms with van der Waals surface area (Å²) in [5.74, 6) is -2.09. The third-order valence-corrected chi connectivity index (χ3v) is 3.81. The first-order chi connectivity index (χ1) is 13.6. The van der Waals surface area contributed by atoms with Crippen molar-refractivity contribution in [1.29, 1.82) is 0 Å². The van der Waals surface area contributed by atoms with Gasteiger partial charge in [0.1, 0.15) is 23.2 Å². The fraction of sp³-hybridized carbons (Fsp3) is 0.333. The molecule has 1 heterocycles. The third-order valence-electron chi connectivity index (χ3n) is 3.81. The minimum absolute atomic E-state index is 0.0668. The molecule has 0 unspecified atom stereocenters. The summed E-state index contributed by atoms with van der Waals surface area (Å²) in [5, 5.41) is 2.84. The second-order valence-corrected chi connectivity index (χ2v) is 5.73. The number of para-hydroxylation sites is 1. The van der Waals surface area contributed by atoms with Crippen molar-refractivity contribution >= 4 is 12.3 Å². The molecule has 0 spiro atoms. The Morgan fingerprint density at radius 2 is 1.41 bits per heavy atom. The zero-order valence-electron chi connectivity index (χ0n) is 15.9. The molecule has 29 heavy (non-hydrogen) atoms. The van der Waals surface area contributed by atoms with Crippen molar-refractivity contribution in [3.8, 4) is 5.75 Å². The Kier molecular flexibility index (Phi) is 6.62. The van der Waals surface area contributed by atoms with Gasteiger partial charge in [-0.2, -0.15) is 0 Å². The highest BCUT2D eigenvalue weighted by Gasteiger charge is 2.39. The number of carbonyl (C=O) groups is 2. The average Bonchev–Trinajstić information content (AvgIpc) is 2.64. The number of dihydropyridines is 1. The summed E-state index contributed by atoms with van der Waals surface area (Å²) in [6, 6.07) is 5.19. The second-order valence-electron chi connectivity index (χ2n) is 5.73. The number of ether oxygens (including phenoxy) is 5. The molecule has 0 aromatic heterocycles. The maximum absolute atomic E-state index is 12.9. The molecule has 0 atom stereocenters. The van der Waals surface area contributed by atoms with Crippen molar-refractivity contribution in [3.05, 3.63) is 52.7 Å². The maximum Gasteiger partial charge on any atom is 0.573 e. The van der Waals surface area contributed by atoms with E-state index >= 15 is 0 Å². The first kappa shape index (κ1) is 21.9. The summed E-state index contributed by atoms with van der Waals surface area (Å²) in [7, 11) is 2.13. The summed E-state index contributed by atoms with van der Waals surface area (Å²) >= 11 is 0. The van der Waals surface area contributed by atoms with E-state index in [-0.39, 0.29) is 28.5 Å². The van der Waals surface area contributed by atoms with Crippen molar-refractivity contribution in [2.45, 2.75) is 26.1 Å². The van der Waals surface area contributed by atoms with Gasteiger partial charge in [0.05, 0.1) is 25.6 Å². The van der Waals surface area contributed by atoms with E-state index in [0.29, 0.717) is 0 Å². The summed E-state index contributed by atoms with van der Waals surface area (Å²) in [4.78, 5) is 23.4. The van der Waals surface area contributed by atoms with Gasteiger partial charge in [-0.15, -0.1) is 13.2 Å². The lowest BCUT2D eigenvalue weighted by molar-refractivity contribution is -0.275. The number of methoxy groups -OCH3 is 2.